The second-order valence-electron chi connectivity index (χ2n) is 9.09. The summed E-state index contributed by atoms with van der Waals surface area (Å²) in [5.74, 6) is -3.87. The van der Waals surface area contributed by atoms with Crippen LogP contribution in [-0.2, 0) is 61.7 Å². The molecule has 0 heterocycles. The van der Waals surface area contributed by atoms with Gasteiger partial charge in [0.25, 0.3) is 0 Å². The number of fused-ring (bicyclic) bond motifs is 1. The number of hydrogen-bond acceptors (Lipinski definition) is 18. The SMILES string of the molecule is O=S(=O)(O)OCCS(=O)(=O)c1ccc([O-])c(N=Nc2cc(N=Nc3cc(S(=O)(=O)[O-])c4cccc(S(=O)(=O)[O-])c4c3)c([O-])cc2[O-])c1.[Cu+2].[Na+].[Na+].[Na+]. The number of azo groups is 2. The van der Waals surface area contributed by atoms with E-state index in [9.17, 15) is 58.1 Å². The Kier molecular flexibility index (Phi) is 19.1. The monoisotopic (exact) mass is 859 g/mol. The molecule has 0 aromatic heterocycles. The van der Waals surface area contributed by atoms with Crippen molar-refractivity contribution in [2.45, 2.75) is 14.7 Å². The van der Waals surface area contributed by atoms with E-state index in [1.54, 1.807) is 0 Å². The first-order chi connectivity index (χ1) is 21.7. The summed E-state index contributed by atoms with van der Waals surface area (Å²) in [5, 5.41) is 50.4. The van der Waals surface area contributed by atoms with Crippen LogP contribution < -0.4 is 104 Å². The van der Waals surface area contributed by atoms with Gasteiger partial charge in [-0.15, -0.1) is 0 Å². The molecule has 27 heteroatoms. The molecule has 51 heavy (non-hydrogen) atoms. The third kappa shape index (κ3) is 13.3. The molecule has 0 spiro atoms. The van der Waals surface area contributed by atoms with Gasteiger partial charge in [-0.05, 0) is 36.4 Å². The molecule has 4 aromatic carbocycles. The van der Waals surface area contributed by atoms with E-state index in [1.165, 1.54) is 0 Å². The summed E-state index contributed by atoms with van der Waals surface area (Å²) in [6, 6.07) is 8.25. The zero-order valence-electron chi connectivity index (χ0n) is 26.1. The van der Waals surface area contributed by atoms with Gasteiger partial charge in [-0.25, -0.2) is 29.4 Å². The van der Waals surface area contributed by atoms with Crippen LogP contribution in [0.15, 0.2) is 95.8 Å². The van der Waals surface area contributed by atoms with Crippen molar-refractivity contribution in [1.82, 2.24) is 0 Å². The Morgan fingerprint density at radius 2 is 1.14 bits per heavy atom. The quantitative estimate of drug-likeness (QED) is 0.0832. The molecule has 0 amide bonds. The van der Waals surface area contributed by atoms with Crippen molar-refractivity contribution in [2.75, 3.05) is 12.4 Å². The molecule has 0 aliphatic carbocycles. The Morgan fingerprint density at radius 1 is 0.608 bits per heavy atom. The van der Waals surface area contributed by atoms with Crippen molar-refractivity contribution in [3.05, 3.63) is 60.7 Å². The van der Waals surface area contributed by atoms with Crippen molar-refractivity contribution in [3.63, 3.8) is 0 Å². The molecule has 0 bridgehead atoms. The minimum atomic E-state index is -5.26. The van der Waals surface area contributed by atoms with Gasteiger partial charge in [0, 0.05) is 10.8 Å². The fraction of sp³-hybridized carbons (Fsp3) is 0.0833. The maximum Gasteiger partial charge on any atom is 2.00 e. The summed E-state index contributed by atoms with van der Waals surface area (Å²) in [4.78, 5) is -2.36. The maximum atomic E-state index is 12.5. The summed E-state index contributed by atoms with van der Waals surface area (Å²) < 4.78 is 130. The van der Waals surface area contributed by atoms with Gasteiger partial charge in [-0.3, -0.25) is 4.55 Å². The van der Waals surface area contributed by atoms with Gasteiger partial charge in [0.15, 0.2) is 9.84 Å². The van der Waals surface area contributed by atoms with Crippen LogP contribution >= 0.6 is 0 Å². The summed E-state index contributed by atoms with van der Waals surface area (Å²) in [7, 11) is -19.6. The largest absolute Gasteiger partial charge is 2.00 e. The molecule has 4 rings (SSSR count). The first-order valence-corrected chi connectivity index (χ1v) is 18.0. The Bertz CT molecular complexity index is 2440. The number of nitrogens with zero attached hydrogens (tertiary/aromatic N) is 4. The molecule has 0 unspecified atom stereocenters. The van der Waals surface area contributed by atoms with Gasteiger partial charge >= 0.3 is 116 Å². The molecule has 4 aromatic rings. The second kappa shape index (κ2) is 19.5. The molecule has 19 nitrogen and oxygen atoms in total. The number of benzene rings is 4. The molecule has 1 radical (unpaired) electrons. The van der Waals surface area contributed by atoms with Gasteiger partial charge in [0.05, 0.1) is 49.8 Å². The summed E-state index contributed by atoms with van der Waals surface area (Å²) in [5.41, 5.74) is -2.34. The Hall–Kier alpha value is -1.10. The molecule has 0 aliphatic heterocycles. The molecule has 0 atom stereocenters. The summed E-state index contributed by atoms with van der Waals surface area (Å²) >= 11 is 0. The van der Waals surface area contributed by atoms with Crippen LogP contribution in [0.1, 0.15) is 0 Å². The van der Waals surface area contributed by atoms with Gasteiger partial charge in [0.2, 0.25) is 0 Å². The number of rotatable bonds is 11. The fourth-order valence-corrected chi connectivity index (χ4v) is 6.74. The second-order valence-corrected chi connectivity index (χ2v) is 15.0. The van der Waals surface area contributed by atoms with E-state index >= 15 is 0 Å². The Balaban J connectivity index is 0.00000625. The average Bonchev–Trinajstić information content (AvgIpc) is 2.94. The first kappa shape index (κ1) is 49.9. The van der Waals surface area contributed by atoms with Gasteiger partial charge in [0.1, 0.15) is 20.2 Å². The normalized spacial score (nSPS) is 12.1. The van der Waals surface area contributed by atoms with E-state index in [0.29, 0.717) is 12.1 Å². The van der Waals surface area contributed by atoms with Crippen LogP contribution in [0.5, 0.6) is 17.2 Å². The molecular weight excluding hydrogens is 845 g/mol. The average molecular weight is 860 g/mol. The molecule has 0 saturated heterocycles. The molecule has 259 valence electrons. The molecule has 0 fully saturated rings. The standard InChI is InChI=1S/C24H20N4O15S4.Cu.3Na/c29-20-5-4-14(44(32,33)7-6-43-47(40,41)42)10-17(20)27-28-19-11-18(21(30)12-22(19)31)26-25-13-8-16-15(24(9-13)46(37,38)39)2-1-3-23(16)45(34,35)36;;;;/h1-5,8-12,29-31H,6-7H2,(H,34,35,36)(H,37,38,39)(H,40,41,42);;;;/q;+2;3*+1/p-5. The molecule has 0 aliphatic rings. The molecule has 1 N–H and O–H groups in total. The Morgan fingerprint density at radius 3 is 1.67 bits per heavy atom. The minimum Gasteiger partial charge on any atom is -0.871 e. The van der Waals surface area contributed by atoms with Crippen molar-refractivity contribution in [1.29, 1.82) is 0 Å². The third-order valence-electron chi connectivity index (χ3n) is 5.89. The van der Waals surface area contributed by atoms with E-state index in [4.69, 9.17) is 4.55 Å². The maximum absolute atomic E-state index is 12.5. The van der Waals surface area contributed by atoms with Crippen molar-refractivity contribution in [2.24, 2.45) is 20.5 Å². The van der Waals surface area contributed by atoms with Crippen molar-refractivity contribution in [3.8, 4) is 17.2 Å². The van der Waals surface area contributed by atoms with Crippen LogP contribution in [-0.4, -0.2) is 59.7 Å². The summed E-state index contributed by atoms with van der Waals surface area (Å²) in [6.45, 7) is -0.957. The van der Waals surface area contributed by atoms with Crippen LogP contribution in [0.3, 0.4) is 0 Å². The van der Waals surface area contributed by atoms with Gasteiger partial charge < -0.3 is 24.4 Å². The third-order valence-corrected chi connectivity index (χ3v) is 9.81. The van der Waals surface area contributed by atoms with E-state index in [0.717, 1.165) is 48.5 Å². The van der Waals surface area contributed by atoms with E-state index in [2.05, 4.69) is 24.6 Å². The minimum absolute atomic E-state index is 0. The zero-order chi connectivity index (χ0) is 34.9. The predicted molar refractivity (Wildman–Crippen MR) is 149 cm³/mol. The van der Waals surface area contributed by atoms with Crippen molar-refractivity contribution < 1.29 is 173 Å². The van der Waals surface area contributed by atoms with Crippen LogP contribution in [0.25, 0.3) is 10.8 Å². The first-order valence-electron chi connectivity index (χ1n) is 12.2. The van der Waals surface area contributed by atoms with Gasteiger partial charge in [-0.1, -0.05) is 41.5 Å². The summed E-state index contributed by atoms with van der Waals surface area (Å²) in [6.07, 6.45) is 0. The smallest absolute Gasteiger partial charge is 0.871 e. The van der Waals surface area contributed by atoms with E-state index < -0.39 is 118 Å². The Labute approximate surface area is 367 Å². The zero-order valence-corrected chi connectivity index (χ0v) is 36.3. The predicted octanol–water partition coefficient (Wildman–Crippen LogP) is -7.70. The van der Waals surface area contributed by atoms with E-state index in [1.807, 2.05) is 0 Å². The number of sulfone groups is 1. The van der Waals surface area contributed by atoms with Crippen molar-refractivity contribution >= 4 is 74.0 Å². The van der Waals surface area contributed by atoms with Gasteiger partial charge in [-0.2, -0.15) is 28.9 Å². The van der Waals surface area contributed by atoms with E-state index in [-0.39, 0.29) is 106 Å². The van der Waals surface area contributed by atoms with Crippen LogP contribution in [0.4, 0.5) is 22.7 Å². The topological polar surface area (TPSA) is 331 Å². The van der Waals surface area contributed by atoms with Crippen LogP contribution in [0.2, 0.25) is 0 Å². The number of hydrogen-bond donors (Lipinski definition) is 1. The fourth-order valence-electron chi connectivity index (χ4n) is 3.84. The van der Waals surface area contributed by atoms with Crippen LogP contribution in [0, 0.1) is 0 Å². The molecule has 0 saturated carbocycles. The molecular formula is C24H15CuN4Na3O15S4.